The minimum absolute atomic E-state index is 0.291. The number of amides is 4. The summed E-state index contributed by atoms with van der Waals surface area (Å²) in [6, 6.07) is 25.6. The molecule has 6 nitrogen and oxygen atoms in total. The smallest absolute Gasteiger partial charge is 0.325 e. The van der Waals surface area contributed by atoms with Crippen molar-refractivity contribution in [2.75, 3.05) is 11.9 Å². The molecule has 0 spiro atoms. The first-order chi connectivity index (χ1) is 15.5. The summed E-state index contributed by atoms with van der Waals surface area (Å²) in [6.45, 7) is 1.70. The number of anilines is 1. The summed E-state index contributed by atoms with van der Waals surface area (Å²) in [6.07, 6.45) is 1.19. The van der Waals surface area contributed by atoms with Crippen LogP contribution < -0.4 is 10.6 Å². The molecule has 0 aliphatic carbocycles. The molecule has 3 aromatic carbocycles. The Balaban J connectivity index is 1.57. The average Bonchev–Trinajstić information content (AvgIpc) is 3.05. The Bertz CT molecular complexity index is 1110. The maximum absolute atomic E-state index is 13.6. The topological polar surface area (TPSA) is 78.5 Å². The minimum Gasteiger partial charge on any atom is -0.325 e. The third-order valence-electron chi connectivity index (χ3n) is 5.70. The van der Waals surface area contributed by atoms with Gasteiger partial charge in [0.2, 0.25) is 5.91 Å². The maximum Gasteiger partial charge on any atom is 0.325 e. The largest absolute Gasteiger partial charge is 0.325 e. The maximum atomic E-state index is 13.6. The van der Waals surface area contributed by atoms with E-state index in [1.807, 2.05) is 84.9 Å². The predicted octanol–water partition coefficient (Wildman–Crippen LogP) is 3.88. The van der Waals surface area contributed by atoms with Crippen LogP contribution in [0.1, 0.15) is 23.6 Å². The second kappa shape index (κ2) is 9.06. The first-order valence-corrected chi connectivity index (χ1v) is 10.6. The van der Waals surface area contributed by atoms with Crippen molar-refractivity contribution in [1.82, 2.24) is 10.2 Å². The van der Waals surface area contributed by atoms with Crippen molar-refractivity contribution < 1.29 is 14.4 Å². The summed E-state index contributed by atoms with van der Waals surface area (Å²) >= 11 is 0. The van der Waals surface area contributed by atoms with Crippen molar-refractivity contribution in [3.05, 3.63) is 102 Å². The number of hydrogen-bond acceptors (Lipinski definition) is 3. The molecule has 0 aromatic heterocycles. The Hall–Kier alpha value is -3.93. The van der Waals surface area contributed by atoms with Gasteiger partial charge in [-0.05, 0) is 35.2 Å². The van der Waals surface area contributed by atoms with Gasteiger partial charge in [-0.2, -0.15) is 0 Å². The number of nitrogens with one attached hydrogen (secondary N) is 2. The van der Waals surface area contributed by atoms with E-state index in [1.165, 1.54) is 0 Å². The predicted molar refractivity (Wildman–Crippen MR) is 123 cm³/mol. The molecule has 6 heteroatoms. The van der Waals surface area contributed by atoms with Crippen molar-refractivity contribution in [2.24, 2.45) is 0 Å². The number of benzene rings is 3. The van der Waals surface area contributed by atoms with E-state index in [2.05, 4.69) is 17.6 Å². The van der Waals surface area contributed by atoms with Crippen molar-refractivity contribution in [1.29, 1.82) is 0 Å². The lowest BCUT2D eigenvalue weighted by atomic mass is 9.83. The third kappa shape index (κ3) is 4.25. The molecule has 1 aliphatic rings. The van der Waals surface area contributed by atoms with Crippen LogP contribution in [-0.2, 0) is 28.0 Å². The van der Waals surface area contributed by atoms with Crippen LogP contribution in [0.25, 0.3) is 0 Å². The van der Waals surface area contributed by atoms with Crippen LogP contribution in [0.4, 0.5) is 10.5 Å². The lowest BCUT2D eigenvalue weighted by Crippen LogP contribution is -2.46. The minimum atomic E-state index is -1.26. The highest BCUT2D eigenvalue weighted by atomic mass is 16.2. The van der Waals surface area contributed by atoms with Gasteiger partial charge in [0.05, 0.1) is 0 Å². The Morgan fingerprint density at radius 1 is 0.875 bits per heavy atom. The van der Waals surface area contributed by atoms with E-state index >= 15 is 0 Å². The molecule has 0 bridgehead atoms. The van der Waals surface area contributed by atoms with Gasteiger partial charge >= 0.3 is 6.03 Å². The van der Waals surface area contributed by atoms with Gasteiger partial charge in [0.15, 0.2) is 5.54 Å². The molecule has 162 valence electrons. The highest BCUT2D eigenvalue weighted by molar-refractivity contribution is 6.10. The molecule has 4 amide bonds. The SMILES string of the molecule is CCc1ccc(NC(=O)CN2C(=O)N[C@](Cc3ccccc3)(c3ccccc3)C2=O)cc1. The van der Waals surface area contributed by atoms with Crippen LogP contribution in [0.5, 0.6) is 0 Å². The van der Waals surface area contributed by atoms with E-state index < -0.39 is 23.4 Å². The summed E-state index contributed by atoms with van der Waals surface area (Å²) < 4.78 is 0. The first-order valence-electron chi connectivity index (χ1n) is 10.6. The van der Waals surface area contributed by atoms with Gasteiger partial charge in [-0.3, -0.25) is 14.5 Å². The molecule has 1 saturated heterocycles. The van der Waals surface area contributed by atoms with E-state index in [0.717, 1.165) is 22.4 Å². The number of urea groups is 1. The van der Waals surface area contributed by atoms with Gasteiger partial charge in [-0.25, -0.2) is 4.79 Å². The molecule has 1 aliphatic heterocycles. The zero-order valence-corrected chi connectivity index (χ0v) is 17.9. The van der Waals surface area contributed by atoms with Gasteiger partial charge < -0.3 is 10.6 Å². The highest BCUT2D eigenvalue weighted by Gasteiger charge is 2.52. The lowest BCUT2D eigenvalue weighted by Gasteiger charge is -2.27. The fourth-order valence-corrected chi connectivity index (χ4v) is 3.98. The van der Waals surface area contributed by atoms with Gasteiger partial charge in [0.1, 0.15) is 6.54 Å². The number of aryl methyl sites for hydroxylation is 1. The first kappa shape index (κ1) is 21.3. The van der Waals surface area contributed by atoms with E-state index in [1.54, 1.807) is 0 Å². The van der Waals surface area contributed by atoms with E-state index in [9.17, 15) is 14.4 Å². The second-order valence-corrected chi connectivity index (χ2v) is 7.85. The van der Waals surface area contributed by atoms with Crippen LogP contribution in [0.15, 0.2) is 84.9 Å². The number of rotatable bonds is 7. The third-order valence-corrected chi connectivity index (χ3v) is 5.70. The van der Waals surface area contributed by atoms with Crippen LogP contribution in [0, 0.1) is 0 Å². The normalized spacial score (nSPS) is 17.8. The van der Waals surface area contributed by atoms with Crippen LogP contribution in [-0.4, -0.2) is 29.3 Å². The van der Waals surface area contributed by atoms with Gasteiger partial charge in [0.25, 0.3) is 5.91 Å². The van der Waals surface area contributed by atoms with Crippen LogP contribution in [0.3, 0.4) is 0 Å². The molecule has 0 unspecified atom stereocenters. The molecule has 32 heavy (non-hydrogen) atoms. The molecular formula is C26H25N3O3. The van der Waals surface area contributed by atoms with Gasteiger partial charge in [-0.1, -0.05) is 79.7 Å². The van der Waals surface area contributed by atoms with Crippen molar-refractivity contribution in [3.8, 4) is 0 Å². The van der Waals surface area contributed by atoms with Crippen molar-refractivity contribution >= 4 is 23.5 Å². The Morgan fingerprint density at radius 2 is 1.50 bits per heavy atom. The Kier molecular flexibility index (Phi) is 6.03. The lowest BCUT2D eigenvalue weighted by molar-refractivity contribution is -0.134. The van der Waals surface area contributed by atoms with Gasteiger partial charge in [0, 0.05) is 12.1 Å². The molecular weight excluding hydrogens is 402 g/mol. The Labute approximate surface area is 187 Å². The summed E-state index contributed by atoms with van der Waals surface area (Å²) in [5, 5.41) is 5.64. The van der Waals surface area contributed by atoms with Crippen LogP contribution in [0.2, 0.25) is 0 Å². The number of imide groups is 1. The van der Waals surface area contributed by atoms with E-state index in [0.29, 0.717) is 17.7 Å². The highest BCUT2D eigenvalue weighted by Crippen LogP contribution is 2.33. The quantitative estimate of drug-likeness (QED) is 0.562. The van der Waals surface area contributed by atoms with Crippen molar-refractivity contribution in [3.63, 3.8) is 0 Å². The fourth-order valence-electron chi connectivity index (χ4n) is 3.98. The summed E-state index contributed by atoms with van der Waals surface area (Å²) in [5.74, 6) is -0.865. The molecule has 1 heterocycles. The molecule has 3 aromatic rings. The molecule has 2 N–H and O–H groups in total. The molecule has 0 saturated carbocycles. The summed E-state index contributed by atoms with van der Waals surface area (Å²) in [4.78, 5) is 40.1. The van der Waals surface area contributed by atoms with Gasteiger partial charge in [-0.15, -0.1) is 0 Å². The summed E-state index contributed by atoms with van der Waals surface area (Å²) in [7, 11) is 0. The Morgan fingerprint density at radius 3 is 2.12 bits per heavy atom. The van der Waals surface area contributed by atoms with E-state index in [4.69, 9.17) is 0 Å². The number of nitrogens with zero attached hydrogens (tertiary/aromatic N) is 1. The zero-order chi connectivity index (χ0) is 22.6. The number of carbonyl (C=O) groups is 3. The fraction of sp³-hybridized carbons (Fsp3) is 0.192. The molecule has 0 radical (unpaired) electrons. The zero-order valence-electron chi connectivity index (χ0n) is 17.9. The second-order valence-electron chi connectivity index (χ2n) is 7.85. The molecule has 1 fully saturated rings. The molecule has 1 atom stereocenters. The standard InChI is InChI=1S/C26H25N3O3/c1-2-19-13-15-22(16-14-19)27-23(30)18-29-24(31)26(28-25(29)32,21-11-7-4-8-12-21)17-20-9-5-3-6-10-20/h3-16H,2,17-18H2,1H3,(H,27,30)(H,28,32)/t26-/m1/s1. The molecule has 4 rings (SSSR count). The average molecular weight is 428 g/mol. The number of carbonyl (C=O) groups excluding carboxylic acids is 3. The number of hydrogen-bond donors (Lipinski definition) is 2. The summed E-state index contributed by atoms with van der Waals surface area (Å²) in [5.41, 5.74) is 2.11. The van der Waals surface area contributed by atoms with Crippen LogP contribution >= 0.6 is 0 Å². The van der Waals surface area contributed by atoms with E-state index in [-0.39, 0.29) is 6.54 Å². The van der Waals surface area contributed by atoms with Crippen molar-refractivity contribution in [2.45, 2.75) is 25.3 Å². The monoisotopic (exact) mass is 427 g/mol.